The Kier molecular flexibility index (Phi) is 4.29. The van der Waals surface area contributed by atoms with Crippen LogP contribution in [-0.4, -0.2) is 12.6 Å². The number of para-hydroxylation sites is 1. The molecule has 1 aromatic carbocycles. The molecule has 4 heteroatoms. The molecular formula is C16H19ClN2S. The highest BCUT2D eigenvalue weighted by molar-refractivity contribution is 7.09. The zero-order chi connectivity index (χ0) is 13.9. The molecule has 1 saturated carbocycles. The highest BCUT2D eigenvalue weighted by atomic mass is 35.5. The summed E-state index contributed by atoms with van der Waals surface area (Å²) in [4.78, 5) is 3.86. The molecule has 0 amide bonds. The van der Waals surface area contributed by atoms with Crippen molar-refractivity contribution in [3.63, 3.8) is 0 Å². The van der Waals surface area contributed by atoms with Crippen LogP contribution in [0.15, 0.2) is 35.7 Å². The van der Waals surface area contributed by atoms with Gasteiger partial charge in [-0.15, -0.1) is 11.3 Å². The maximum absolute atomic E-state index is 6.49. The fourth-order valence-corrected chi connectivity index (χ4v) is 3.59. The Hall–Kier alpha value is -1.03. The largest absolute Gasteiger partial charge is 0.362 e. The molecule has 1 heterocycles. The summed E-state index contributed by atoms with van der Waals surface area (Å²) in [6.45, 7) is 1.61. The first-order valence-corrected chi connectivity index (χ1v) is 8.32. The molecule has 1 fully saturated rings. The van der Waals surface area contributed by atoms with Crippen LogP contribution in [-0.2, 0) is 13.0 Å². The molecule has 2 aromatic rings. The molecule has 0 unspecified atom stereocenters. The predicted octanol–water partition coefficient (Wildman–Crippen LogP) is 4.07. The van der Waals surface area contributed by atoms with Gasteiger partial charge in [-0.25, -0.2) is 0 Å². The fourth-order valence-electron chi connectivity index (χ4n) is 2.59. The fraction of sp³-hybridized carbons (Fsp3) is 0.375. The zero-order valence-corrected chi connectivity index (χ0v) is 13.0. The van der Waals surface area contributed by atoms with Gasteiger partial charge in [-0.05, 0) is 48.9 Å². The molecule has 1 aliphatic rings. The normalized spacial score (nSPS) is 14.5. The maximum Gasteiger partial charge on any atom is 0.0642 e. The Bertz CT molecular complexity index is 564. The number of benzene rings is 1. The quantitative estimate of drug-likeness (QED) is 0.871. The standard InChI is InChI=1S/C16H19ClN2S/c17-15-5-1-3-12(8-9-18)16(15)19(13-6-7-13)11-14-4-2-10-20-14/h1-5,10,13H,6-9,11,18H2. The summed E-state index contributed by atoms with van der Waals surface area (Å²) < 4.78 is 0. The summed E-state index contributed by atoms with van der Waals surface area (Å²) >= 11 is 8.30. The van der Waals surface area contributed by atoms with Crippen molar-refractivity contribution in [2.24, 2.45) is 5.73 Å². The van der Waals surface area contributed by atoms with E-state index in [4.69, 9.17) is 17.3 Å². The lowest BCUT2D eigenvalue weighted by Crippen LogP contribution is -2.26. The van der Waals surface area contributed by atoms with Crippen LogP contribution in [0.4, 0.5) is 5.69 Å². The van der Waals surface area contributed by atoms with Crippen molar-refractivity contribution in [1.29, 1.82) is 0 Å². The highest BCUT2D eigenvalue weighted by Gasteiger charge is 2.31. The Morgan fingerprint density at radius 1 is 1.25 bits per heavy atom. The molecule has 2 nitrogen and oxygen atoms in total. The Morgan fingerprint density at radius 3 is 2.75 bits per heavy atom. The SMILES string of the molecule is NCCc1cccc(Cl)c1N(Cc1cccs1)C1CC1. The first-order chi connectivity index (χ1) is 9.79. The van der Waals surface area contributed by atoms with Crippen LogP contribution >= 0.6 is 22.9 Å². The average molecular weight is 307 g/mol. The molecule has 0 radical (unpaired) electrons. The molecule has 3 rings (SSSR count). The van der Waals surface area contributed by atoms with E-state index in [0.717, 1.165) is 18.0 Å². The smallest absolute Gasteiger partial charge is 0.0642 e. The third-order valence-electron chi connectivity index (χ3n) is 3.67. The number of rotatable bonds is 6. The minimum absolute atomic E-state index is 0.633. The lowest BCUT2D eigenvalue weighted by molar-refractivity contribution is 0.792. The second-order valence-electron chi connectivity index (χ2n) is 5.22. The van der Waals surface area contributed by atoms with E-state index in [1.54, 1.807) is 11.3 Å². The van der Waals surface area contributed by atoms with Gasteiger partial charge in [0.1, 0.15) is 0 Å². The van der Waals surface area contributed by atoms with Gasteiger partial charge < -0.3 is 10.6 Å². The summed E-state index contributed by atoms with van der Waals surface area (Å²) in [6, 6.07) is 11.1. The van der Waals surface area contributed by atoms with Crippen LogP contribution in [0.2, 0.25) is 5.02 Å². The first-order valence-electron chi connectivity index (χ1n) is 7.06. The van der Waals surface area contributed by atoms with Crippen molar-refractivity contribution in [2.75, 3.05) is 11.4 Å². The van der Waals surface area contributed by atoms with Gasteiger partial charge in [0.15, 0.2) is 0 Å². The van der Waals surface area contributed by atoms with Gasteiger partial charge in [-0.2, -0.15) is 0 Å². The maximum atomic E-state index is 6.49. The molecular weight excluding hydrogens is 288 g/mol. The molecule has 2 N–H and O–H groups in total. The van der Waals surface area contributed by atoms with E-state index in [1.165, 1.54) is 29.0 Å². The first kappa shape index (κ1) is 13.9. The molecule has 1 aliphatic carbocycles. The molecule has 0 spiro atoms. The van der Waals surface area contributed by atoms with Gasteiger partial charge in [-0.1, -0.05) is 29.8 Å². The van der Waals surface area contributed by atoms with E-state index in [2.05, 4.69) is 28.5 Å². The van der Waals surface area contributed by atoms with E-state index < -0.39 is 0 Å². The van der Waals surface area contributed by atoms with E-state index in [-0.39, 0.29) is 0 Å². The average Bonchev–Trinajstić information content (AvgIpc) is 3.15. The van der Waals surface area contributed by atoms with Crippen molar-refractivity contribution in [1.82, 2.24) is 0 Å². The number of thiophene rings is 1. The van der Waals surface area contributed by atoms with E-state index >= 15 is 0 Å². The van der Waals surface area contributed by atoms with Gasteiger partial charge in [0.05, 0.1) is 17.3 Å². The van der Waals surface area contributed by atoms with Crippen molar-refractivity contribution < 1.29 is 0 Å². The van der Waals surface area contributed by atoms with Crippen LogP contribution in [0.25, 0.3) is 0 Å². The van der Waals surface area contributed by atoms with Gasteiger partial charge in [-0.3, -0.25) is 0 Å². The molecule has 0 aliphatic heterocycles. The Morgan fingerprint density at radius 2 is 2.10 bits per heavy atom. The van der Waals surface area contributed by atoms with E-state index in [1.807, 2.05) is 12.1 Å². The second kappa shape index (κ2) is 6.17. The third-order valence-corrected chi connectivity index (χ3v) is 4.83. The lowest BCUT2D eigenvalue weighted by atomic mass is 10.1. The molecule has 106 valence electrons. The molecule has 1 aromatic heterocycles. The number of nitrogens with two attached hydrogens (primary N) is 1. The van der Waals surface area contributed by atoms with Gasteiger partial charge >= 0.3 is 0 Å². The summed E-state index contributed by atoms with van der Waals surface area (Å²) in [7, 11) is 0. The number of hydrogen-bond donors (Lipinski definition) is 1. The monoisotopic (exact) mass is 306 g/mol. The molecule has 0 bridgehead atoms. The zero-order valence-electron chi connectivity index (χ0n) is 11.4. The molecule has 20 heavy (non-hydrogen) atoms. The van der Waals surface area contributed by atoms with Gasteiger partial charge in [0, 0.05) is 10.9 Å². The highest BCUT2D eigenvalue weighted by Crippen LogP contribution is 2.39. The predicted molar refractivity (Wildman–Crippen MR) is 87.7 cm³/mol. The van der Waals surface area contributed by atoms with Crippen molar-refractivity contribution in [2.45, 2.75) is 31.8 Å². The second-order valence-corrected chi connectivity index (χ2v) is 6.66. The van der Waals surface area contributed by atoms with Crippen LogP contribution in [0.3, 0.4) is 0 Å². The molecule has 0 atom stereocenters. The van der Waals surface area contributed by atoms with E-state index in [9.17, 15) is 0 Å². The van der Waals surface area contributed by atoms with Gasteiger partial charge in [0.2, 0.25) is 0 Å². The topological polar surface area (TPSA) is 29.3 Å². The van der Waals surface area contributed by atoms with Crippen LogP contribution < -0.4 is 10.6 Å². The third kappa shape index (κ3) is 3.00. The summed E-state index contributed by atoms with van der Waals surface area (Å²) in [6.07, 6.45) is 3.40. The molecule has 0 saturated heterocycles. The Balaban J connectivity index is 1.94. The van der Waals surface area contributed by atoms with Crippen molar-refractivity contribution >= 4 is 28.6 Å². The van der Waals surface area contributed by atoms with Crippen LogP contribution in [0.1, 0.15) is 23.3 Å². The van der Waals surface area contributed by atoms with E-state index in [0.29, 0.717) is 12.6 Å². The minimum Gasteiger partial charge on any atom is -0.362 e. The Labute approximate surface area is 129 Å². The van der Waals surface area contributed by atoms with Crippen LogP contribution in [0, 0.1) is 0 Å². The van der Waals surface area contributed by atoms with Crippen molar-refractivity contribution in [3.05, 3.63) is 51.2 Å². The number of anilines is 1. The van der Waals surface area contributed by atoms with Gasteiger partial charge in [0.25, 0.3) is 0 Å². The lowest BCUT2D eigenvalue weighted by Gasteiger charge is -2.28. The minimum atomic E-state index is 0.633. The number of hydrogen-bond acceptors (Lipinski definition) is 3. The van der Waals surface area contributed by atoms with Crippen LogP contribution in [0.5, 0.6) is 0 Å². The number of halogens is 1. The summed E-state index contributed by atoms with van der Waals surface area (Å²) in [5, 5.41) is 2.98. The summed E-state index contributed by atoms with van der Waals surface area (Å²) in [5.74, 6) is 0. The number of nitrogens with zero attached hydrogens (tertiary/aromatic N) is 1. The summed E-state index contributed by atoms with van der Waals surface area (Å²) in [5.41, 5.74) is 8.21. The van der Waals surface area contributed by atoms with Crippen molar-refractivity contribution in [3.8, 4) is 0 Å².